The molecule has 2 rings (SSSR count). The molecule has 2 aromatic rings. The van der Waals surface area contributed by atoms with Crippen LogP contribution in [0.15, 0.2) is 42.5 Å². The first-order chi connectivity index (χ1) is 10.2. The molecule has 1 aromatic carbocycles. The third-order valence-corrected chi connectivity index (χ3v) is 4.07. The average Bonchev–Trinajstić information content (AvgIpc) is 2.85. The van der Waals surface area contributed by atoms with Crippen LogP contribution in [0.2, 0.25) is 0 Å². The lowest BCUT2D eigenvalue weighted by atomic mass is 10.2. The maximum Gasteiger partial charge on any atom is 0.320 e. The number of hydrogen-bond donors (Lipinski definition) is 0. The fourth-order valence-corrected chi connectivity index (χ4v) is 3.12. The molecule has 0 atom stereocenters. The van der Waals surface area contributed by atoms with Gasteiger partial charge in [-0.3, -0.25) is 9.69 Å². The summed E-state index contributed by atoms with van der Waals surface area (Å²) in [4.78, 5) is 16.5. The minimum Gasteiger partial charge on any atom is -0.465 e. The average molecular weight is 303 g/mol. The smallest absolute Gasteiger partial charge is 0.320 e. The van der Waals surface area contributed by atoms with Gasteiger partial charge in [-0.25, -0.2) is 0 Å². The fourth-order valence-electron chi connectivity index (χ4n) is 2.19. The number of hydrogen-bond acceptors (Lipinski definition) is 4. The maximum atomic E-state index is 11.8. The third kappa shape index (κ3) is 5.33. The Morgan fingerprint density at radius 1 is 1.14 bits per heavy atom. The lowest BCUT2D eigenvalue weighted by Crippen LogP contribution is -2.30. The van der Waals surface area contributed by atoms with Crippen LogP contribution in [0.1, 0.15) is 22.2 Å². The van der Waals surface area contributed by atoms with Crippen molar-refractivity contribution in [3.63, 3.8) is 0 Å². The number of nitrogens with zero attached hydrogens (tertiary/aromatic N) is 1. The molecule has 1 heterocycles. The lowest BCUT2D eigenvalue weighted by Gasteiger charge is -2.20. The highest BCUT2D eigenvalue weighted by Gasteiger charge is 2.13. The van der Waals surface area contributed by atoms with E-state index in [1.54, 1.807) is 11.3 Å². The SMILES string of the molecule is CCOC(=O)CN(Cc1ccccc1)Cc1ccc(C)s1. The third-order valence-electron chi connectivity index (χ3n) is 3.08. The second-order valence-corrected chi connectivity index (χ2v) is 6.32. The molecular weight excluding hydrogens is 282 g/mol. The zero-order chi connectivity index (χ0) is 15.1. The summed E-state index contributed by atoms with van der Waals surface area (Å²) < 4.78 is 5.08. The molecule has 4 heteroatoms. The summed E-state index contributed by atoms with van der Waals surface area (Å²) >= 11 is 1.77. The Morgan fingerprint density at radius 3 is 2.52 bits per heavy atom. The Bertz CT molecular complexity index is 565. The van der Waals surface area contributed by atoms with E-state index in [0.29, 0.717) is 13.2 Å². The van der Waals surface area contributed by atoms with E-state index in [2.05, 4.69) is 36.1 Å². The van der Waals surface area contributed by atoms with Gasteiger partial charge in [-0.15, -0.1) is 11.3 Å². The molecule has 0 amide bonds. The largest absolute Gasteiger partial charge is 0.465 e. The molecule has 3 nitrogen and oxygen atoms in total. The zero-order valence-corrected chi connectivity index (χ0v) is 13.4. The number of ether oxygens (including phenoxy) is 1. The monoisotopic (exact) mass is 303 g/mol. The van der Waals surface area contributed by atoms with E-state index < -0.39 is 0 Å². The van der Waals surface area contributed by atoms with E-state index in [-0.39, 0.29) is 5.97 Å². The Labute approximate surface area is 130 Å². The number of carbonyl (C=O) groups excluding carboxylic acids is 1. The minimum atomic E-state index is -0.165. The van der Waals surface area contributed by atoms with Gasteiger partial charge in [-0.05, 0) is 31.5 Å². The van der Waals surface area contributed by atoms with Crippen molar-refractivity contribution in [2.45, 2.75) is 26.9 Å². The molecule has 1 aromatic heterocycles. The zero-order valence-electron chi connectivity index (χ0n) is 12.5. The van der Waals surface area contributed by atoms with E-state index in [1.165, 1.54) is 15.3 Å². The van der Waals surface area contributed by atoms with Gasteiger partial charge in [-0.2, -0.15) is 0 Å². The summed E-state index contributed by atoms with van der Waals surface area (Å²) in [5.41, 5.74) is 1.20. The van der Waals surface area contributed by atoms with Crippen LogP contribution in [0, 0.1) is 6.92 Å². The number of benzene rings is 1. The Kier molecular flexibility index (Phi) is 5.96. The van der Waals surface area contributed by atoms with Gasteiger partial charge in [0.2, 0.25) is 0 Å². The van der Waals surface area contributed by atoms with Crippen molar-refractivity contribution in [2.75, 3.05) is 13.2 Å². The molecule has 0 unspecified atom stereocenters. The number of thiophene rings is 1. The predicted octanol–water partition coefficient (Wildman–Crippen LogP) is 3.62. The highest BCUT2D eigenvalue weighted by atomic mass is 32.1. The summed E-state index contributed by atoms with van der Waals surface area (Å²) in [6.45, 7) is 6.20. The second-order valence-electron chi connectivity index (χ2n) is 4.95. The van der Waals surface area contributed by atoms with Gasteiger partial charge < -0.3 is 4.74 Å². The standard InChI is InChI=1S/C17H21NO2S/c1-3-20-17(19)13-18(11-15-7-5-4-6-8-15)12-16-10-9-14(2)21-16/h4-10H,3,11-13H2,1-2H3. The van der Waals surface area contributed by atoms with Crippen molar-refractivity contribution >= 4 is 17.3 Å². The van der Waals surface area contributed by atoms with Crippen molar-refractivity contribution in [1.82, 2.24) is 4.90 Å². The Morgan fingerprint density at radius 2 is 1.90 bits per heavy atom. The molecule has 0 spiro atoms. The van der Waals surface area contributed by atoms with Crippen molar-refractivity contribution in [3.8, 4) is 0 Å². The normalized spacial score (nSPS) is 10.8. The number of aryl methyl sites for hydroxylation is 1. The molecule has 0 fully saturated rings. The minimum absolute atomic E-state index is 0.165. The van der Waals surface area contributed by atoms with Crippen LogP contribution in [0.3, 0.4) is 0 Å². The highest BCUT2D eigenvalue weighted by Crippen LogP contribution is 2.18. The number of esters is 1. The quantitative estimate of drug-likeness (QED) is 0.732. The molecule has 21 heavy (non-hydrogen) atoms. The topological polar surface area (TPSA) is 29.5 Å². The number of carbonyl (C=O) groups is 1. The van der Waals surface area contributed by atoms with E-state index >= 15 is 0 Å². The van der Waals surface area contributed by atoms with Crippen LogP contribution in [-0.2, 0) is 22.6 Å². The first-order valence-electron chi connectivity index (χ1n) is 7.14. The number of rotatable bonds is 7. The van der Waals surface area contributed by atoms with E-state index in [1.807, 2.05) is 25.1 Å². The van der Waals surface area contributed by atoms with Crippen molar-refractivity contribution in [3.05, 3.63) is 57.8 Å². The van der Waals surface area contributed by atoms with Gasteiger partial charge in [-0.1, -0.05) is 30.3 Å². The summed E-state index contributed by atoms with van der Waals surface area (Å²) in [6, 6.07) is 14.5. The van der Waals surface area contributed by atoms with Gasteiger partial charge in [0.15, 0.2) is 0 Å². The molecule has 0 saturated heterocycles. The van der Waals surface area contributed by atoms with Crippen LogP contribution in [0.5, 0.6) is 0 Å². The first-order valence-corrected chi connectivity index (χ1v) is 7.96. The van der Waals surface area contributed by atoms with Crippen LogP contribution in [0.4, 0.5) is 0 Å². The van der Waals surface area contributed by atoms with Crippen LogP contribution < -0.4 is 0 Å². The van der Waals surface area contributed by atoms with Gasteiger partial charge in [0, 0.05) is 22.8 Å². The van der Waals surface area contributed by atoms with Crippen molar-refractivity contribution < 1.29 is 9.53 Å². The van der Waals surface area contributed by atoms with Gasteiger partial charge in [0.05, 0.1) is 13.2 Å². The summed E-state index contributed by atoms with van der Waals surface area (Å²) in [7, 11) is 0. The maximum absolute atomic E-state index is 11.8. The first kappa shape index (κ1) is 15.7. The van der Waals surface area contributed by atoms with Crippen LogP contribution in [-0.4, -0.2) is 24.0 Å². The molecule has 0 radical (unpaired) electrons. The molecule has 112 valence electrons. The Balaban J connectivity index is 2.04. The molecule has 0 bridgehead atoms. The van der Waals surface area contributed by atoms with Gasteiger partial charge in [0.1, 0.15) is 0 Å². The van der Waals surface area contributed by atoms with E-state index in [4.69, 9.17) is 4.74 Å². The summed E-state index contributed by atoms with van der Waals surface area (Å²) in [5, 5.41) is 0. The molecule has 0 aliphatic heterocycles. The lowest BCUT2D eigenvalue weighted by molar-refractivity contribution is -0.144. The summed E-state index contributed by atoms with van der Waals surface area (Å²) in [6.07, 6.45) is 0. The molecule has 0 aliphatic carbocycles. The molecule has 0 N–H and O–H groups in total. The molecular formula is C17H21NO2S. The van der Waals surface area contributed by atoms with Gasteiger partial charge in [0.25, 0.3) is 0 Å². The molecule has 0 saturated carbocycles. The fraction of sp³-hybridized carbons (Fsp3) is 0.353. The van der Waals surface area contributed by atoms with Crippen LogP contribution >= 0.6 is 11.3 Å². The molecule has 0 aliphatic rings. The highest BCUT2D eigenvalue weighted by molar-refractivity contribution is 7.11. The second kappa shape index (κ2) is 7.96. The van der Waals surface area contributed by atoms with Crippen molar-refractivity contribution in [1.29, 1.82) is 0 Å². The summed E-state index contributed by atoms with van der Waals surface area (Å²) in [5.74, 6) is -0.165. The van der Waals surface area contributed by atoms with Crippen molar-refractivity contribution in [2.24, 2.45) is 0 Å². The van der Waals surface area contributed by atoms with E-state index in [0.717, 1.165) is 13.1 Å². The van der Waals surface area contributed by atoms with Gasteiger partial charge >= 0.3 is 5.97 Å². The van der Waals surface area contributed by atoms with Crippen LogP contribution in [0.25, 0.3) is 0 Å². The Hall–Kier alpha value is -1.65. The predicted molar refractivity (Wildman–Crippen MR) is 86.2 cm³/mol. The van der Waals surface area contributed by atoms with E-state index in [9.17, 15) is 4.79 Å².